The molecule has 0 saturated carbocycles. The maximum atomic E-state index is 14.4. The highest BCUT2D eigenvalue weighted by Crippen LogP contribution is 2.40. The Hall–Kier alpha value is -3.12. The predicted molar refractivity (Wildman–Crippen MR) is 88.6 cm³/mol. The van der Waals surface area contributed by atoms with Gasteiger partial charge in [-0.05, 0) is 19.1 Å². The molecule has 0 bridgehead atoms. The highest BCUT2D eigenvalue weighted by atomic mass is 19.4. The summed E-state index contributed by atoms with van der Waals surface area (Å²) in [5.41, 5.74) is -3.34. The average Bonchev–Trinajstić information content (AvgIpc) is 3.05. The summed E-state index contributed by atoms with van der Waals surface area (Å²) in [7, 11) is 2.25. The molecule has 0 spiro atoms. The monoisotopic (exact) mass is 438 g/mol. The predicted octanol–water partition coefficient (Wildman–Crippen LogP) is 4.63. The van der Waals surface area contributed by atoms with Crippen molar-refractivity contribution >= 4 is 11.0 Å². The lowest BCUT2D eigenvalue weighted by Crippen LogP contribution is -2.14. The van der Waals surface area contributed by atoms with Gasteiger partial charge in [0, 0.05) is 5.56 Å². The fraction of sp³-hybridized carbons (Fsp3) is 0.353. The second-order valence-electron chi connectivity index (χ2n) is 6.12. The van der Waals surface area contributed by atoms with E-state index in [4.69, 9.17) is 9.47 Å². The number of rotatable bonds is 4. The van der Waals surface area contributed by atoms with Crippen molar-refractivity contribution in [2.45, 2.75) is 25.3 Å². The van der Waals surface area contributed by atoms with Crippen molar-refractivity contribution in [3.8, 4) is 11.9 Å². The number of hydrogen-bond acceptors (Lipinski definition) is 5. The van der Waals surface area contributed by atoms with E-state index in [9.17, 15) is 30.7 Å². The highest BCUT2D eigenvalue weighted by Gasteiger charge is 2.40. The van der Waals surface area contributed by atoms with Gasteiger partial charge < -0.3 is 9.47 Å². The molecule has 0 radical (unpaired) electrons. The topological polar surface area (TPSA) is 62.1 Å². The Labute approximate surface area is 164 Å². The lowest BCUT2D eigenvalue weighted by molar-refractivity contribution is -0.140. The third kappa shape index (κ3) is 3.71. The Morgan fingerprint density at radius 3 is 2.13 bits per heavy atom. The minimum absolute atomic E-state index is 0.262. The molecule has 0 fully saturated rings. The molecule has 0 N–H and O–H groups in total. The number of halogens is 7. The van der Waals surface area contributed by atoms with Gasteiger partial charge in [0.2, 0.25) is 5.88 Å². The summed E-state index contributed by atoms with van der Waals surface area (Å²) in [6.07, 6.45) is -9.72. The summed E-state index contributed by atoms with van der Waals surface area (Å²) in [6, 6.07) is 0.128. The molecule has 1 atom stereocenters. The molecule has 3 aromatic rings. The van der Waals surface area contributed by atoms with Gasteiger partial charge in [-0.25, -0.2) is 9.07 Å². The Bertz CT molecular complexity index is 1090. The van der Waals surface area contributed by atoms with Crippen LogP contribution in [-0.4, -0.2) is 34.0 Å². The second kappa shape index (κ2) is 7.29. The Balaban J connectivity index is 2.25. The number of alkyl halides is 6. The number of aromatic nitrogens is 4. The third-order valence-corrected chi connectivity index (χ3v) is 4.29. The van der Waals surface area contributed by atoms with Gasteiger partial charge in [-0.1, -0.05) is 6.07 Å². The molecule has 1 aromatic carbocycles. The largest absolute Gasteiger partial charge is 0.480 e. The standard InChI is InChI=1S/C17H13F7N4O2/c1-7(9-5-4-8(6-10(9)18)16(19,20)21)28-13-11(12(27-28)17(22,23)24)14(29-2)26-15(25-13)30-3/h4-7H,1-3H3. The van der Waals surface area contributed by atoms with Gasteiger partial charge in [0.25, 0.3) is 0 Å². The molecule has 13 heteroatoms. The molecule has 30 heavy (non-hydrogen) atoms. The summed E-state index contributed by atoms with van der Waals surface area (Å²) < 4.78 is 104. The Kier molecular flexibility index (Phi) is 5.24. The summed E-state index contributed by atoms with van der Waals surface area (Å²) in [5, 5.41) is 2.91. The van der Waals surface area contributed by atoms with Crippen LogP contribution in [0.25, 0.3) is 11.0 Å². The highest BCUT2D eigenvalue weighted by molar-refractivity contribution is 5.84. The first kappa shape index (κ1) is 21.6. The quantitative estimate of drug-likeness (QED) is 0.556. The lowest BCUT2D eigenvalue weighted by Gasteiger charge is -2.16. The SMILES string of the molecule is COc1nc(OC)c2c(C(F)(F)F)nn(C(C)c3ccc(C(F)(F)F)cc3F)c2n1. The first-order valence-corrected chi connectivity index (χ1v) is 8.20. The van der Waals surface area contributed by atoms with E-state index in [1.165, 1.54) is 14.0 Å². The number of fused-ring (bicyclic) bond motifs is 1. The molecule has 0 aliphatic rings. The van der Waals surface area contributed by atoms with Crippen molar-refractivity contribution in [3.63, 3.8) is 0 Å². The average molecular weight is 438 g/mol. The van der Waals surface area contributed by atoms with Gasteiger partial charge in [0.05, 0.1) is 25.8 Å². The molecule has 3 rings (SSSR count). The summed E-state index contributed by atoms with van der Waals surface area (Å²) in [5.74, 6) is -1.74. The molecule has 2 heterocycles. The second-order valence-corrected chi connectivity index (χ2v) is 6.12. The molecular formula is C17H13F7N4O2. The van der Waals surface area contributed by atoms with Crippen LogP contribution in [0.5, 0.6) is 11.9 Å². The summed E-state index contributed by atoms with van der Waals surface area (Å²) >= 11 is 0. The Morgan fingerprint density at radius 2 is 1.63 bits per heavy atom. The zero-order valence-corrected chi connectivity index (χ0v) is 15.6. The molecule has 0 amide bonds. The normalized spacial score (nSPS) is 13.5. The van der Waals surface area contributed by atoms with Crippen molar-refractivity contribution in [2.75, 3.05) is 14.2 Å². The number of hydrogen-bond donors (Lipinski definition) is 0. The summed E-state index contributed by atoms with van der Waals surface area (Å²) in [6.45, 7) is 1.26. The maximum Gasteiger partial charge on any atom is 0.436 e. The lowest BCUT2D eigenvalue weighted by atomic mass is 10.0. The van der Waals surface area contributed by atoms with E-state index in [-0.39, 0.29) is 17.6 Å². The van der Waals surface area contributed by atoms with Crippen LogP contribution in [0.3, 0.4) is 0 Å². The van der Waals surface area contributed by atoms with E-state index in [1.54, 1.807) is 0 Å². The van der Waals surface area contributed by atoms with Crippen molar-refractivity contribution in [3.05, 3.63) is 40.8 Å². The van der Waals surface area contributed by atoms with Crippen molar-refractivity contribution < 1.29 is 40.2 Å². The molecule has 6 nitrogen and oxygen atoms in total. The van der Waals surface area contributed by atoms with Gasteiger partial charge in [-0.3, -0.25) is 0 Å². The van der Waals surface area contributed by atoms with Gasteiger partial charge in [-0.15, -0.1) is 0 Å². The number of ether oxygens (including phenoxy) is 2. The molecule has 1 unspecified atom stereocenters. The van der Waals surface area contributed by atoms with E-state index < -0.39 is 52.4 Å². The van der Waals surface area contributed by atoms with Crippen LogP contribution in [0, 0.1) is 5.82 Å². The van der Waals surface area contributed by atoms with Crippen LogP contribution in [0.15, 0.2) is 18.2 Å². The fourth-order valence-electron chi connectivity index (χ4n) is 2.87. The molecule has 162 valence electrons. The third-order valence-electron chi connectivity index (χ3n) is 4.29. The zero-order valence-electron chi connectivity index (χ0n) is 15.6. The molecular weight excluding hydrogens is 425 g/mol. The fourth-order valence-corrected chi connectivity index (χ4v) is 2.87. The van der Waals surface area contributed by atoms with Crippen LogP contribution >= 0.6 is 0 Å². The van der Waals surface area contributed by atoms with Crippen LogP contribution in [0.1, 0.15) is 29.8 Å². The molecule has 0 saturated heterocycles. The number of methoxy groups -OCH3 is 2. The first-order chi connectivity index (χ1) is 13.9. The first-order valence-electron chi connectivity index (χ1n) is 8.20. The minimum atomic E-state index is -4.94. The molecule has 0 aliphatic heterocycles. The van der Waals surface area contributed by atoms with Gasteiger partial charge >= 0.3 is 18.4 Å². The number of nitrogens with zero attached hydrogens (tertiary/aromatic N) is 4. The van der Waals surface area contributed by atoms with Crippen molar-refractivity contribution in [1.82, 2.24) is 19.7 Å². The van der Waals surface area contributed by atoms with Crippen molar-refractivity contribution in [2.24, 2.45) is 0 Å². The molecule has 0 aliphatic carbocycles. The van der Waals surface area contributed by atoms with E-state index in [1.807, 2.05) is 0 Å². The van der Waals surface area contributed by atoms with Crippen LogP contribution in [-0.2, 0) is 12.4 Å². The van der Waals surface area contributed by atoms with E-state index in [0.717, 1.165) is 17.9 Å². The van der Waals surface area contributed by atoms with Crippen LogP contribution in [0.4, 0.5) is 30.7 Å². The molecule has 2 aromatic heterocycles. The van der Waals surface area contributed by atoms with Crippen LogP contribution in [0.2, 0.25) is 0 Å². The summed E-state index contributed by atoms with van der Waals surface area (Å²) in [4.78, 5) is 7.56. The van der Waals surface area contributed by atoms with E-state index in [0.29, 0.717) is 6.07 Å². The smallest absolute Gasteiger partial charge is 0.436 e. The van der Waals surface area contributed by atoms with Gasteiger partial charge in [0.1, 0.15) is 11.2 Å². The van der Waals surface area contributed by atoms with Gasteiger partial charge in [0.15, 0.2) is 11.3 Å². The minimum Gasteiger partial charge on any atom is -0.480 e. The van der Waals surface area contributed by atoms with Crippen LogP contribution < -0.4 is 9.47 Å². The maximum absolute atomic E-state index is 14.4. The van der Waals surface area contributed by atoms with Gasteiger partial charge in [-0.2, -0.15) is 41.4 Å². The van der Waals surface area contributed by atoms with Crippen molar-refractivity contribution in [1.29, 1.82) is 0 Å². The zero-order chi connectivity index (χ0) is 22.4. The Morgan fingerprint density at radius 1 is 0.967 bits per heavy atom. The van der Waals surface area contributed by atoms with E-state index >= 15 is 0 Å². The van der Waals surface area contributed by atoms with E-state index in [2.05, 4.69) is 15.1 Å². The number of benzene rings is 1.